The molecule has 0 unspecified atom stereocenters. The van der Waals surface area contributed by atoms with Crippen LogP contribution in [-0.4, -0.2) is 13.0 Å². The zero-order valence-corrected chi connectivity index (χ0v) is 15.0. The van der Waals surface area contributed by atoms with Crippen molar-refractivity contribution in [3.05, 3.63) is 76.8 Å². The van der Waals surface area contributed by atoms with E-state index in [1.807, 2.05) is 61.5 Å². The van der Waals surface area contributed by atoms with Crippen LogP contribution in [0, 0.1) is 0 Å². The Hall–Kier alpha value is -2.52. The molecule has 0 bridgehead atoms. The Morgan fingerprint density at radius 1 is 1.08 bits per heavy atom. The lowest BCUT2D eigenvalue weighted by Gasteiger charge is -2.14. The number of halogens is 1. The Balaban J connectivity index is 1.73. The van der Waals surface area contributed by atoms with E-state index in [0.29, 0.717) is 11.6 Å². The summed E-state index contributed by atoms with van der Waals surface area (Å²) in [4.78, 5) is 12.5. The second kappa shape index (κ2) is 7.58. The first-order valence-electron chi connectivity index (χ1n) is 8.17. The number of nitrogens with one attached hydrogen (secondary N) is 1. The minimum Gasteiger partial charge on any atom is -0.497 e. The van der Waals surface area contributed by atoms with Gasteiger partial charge < -0.3 is 10.1 Å². The van der Waals surface area contributed by atoms with Crippen molar-refractivity contribution in [2.45, 2.75) is 19.4 Å². The minimum atomic E-state index is -0.242. The van der Waals surface area contributed by atoms with Gasteiger partial charge in [-0.25, -0.2) is 0 Å². The van der Waals surface area contributed by atoms with Gasteiger partial charge in [-0.05, 0) is 47.0 Å². The molecule has 0 aliphatic heterocycles. The van der Waals surface area contributed by atoms with Gasteiger partial charge in [0.2, 0.25) is 5.91 Å². The maximum atomic E-state index is 12.5. The van der Waals surface area contributed by atoms with Crippen molar-refractivity contribution in [3.63, 3.8) is 0 Å². The van der Waals surface area contributed by atoms with Gasteiger partial charge in [0.05, 0.1) is 13.0 Å². The monoisotopic (exact) mass is 353 g/mol. The van der Waals surface area contributed by atoms with Crippen LogP contribution in [0.1, 0.15) is 24.0 Å². The van der Waals surface area contributed by atoms with Crippen molar-refractivity contribution in [3.8, 4) is 5.75 Å². The van der Waals surface area contributed by atoms with Gasteiger partial charge in [-0.2, -0.15) is 0 Å². The van der Waals surface area contributed by atoms with Crippen LogP contribution in [0.5, 0.6) is 5.75 Å². The predicted molar refractivity (Wildman–Crippen MR) is 102 cm³/mol. The third kappa shape index (κ3) is 3.94. The molecule has 1 amide bonds. The number of ether oxygens (including phenoxy) is 1. The third-order valence-corrected chi connectivity index (χ3v) is 4.74. The Kier molecular flexibility index (Phi) is 5.25. The normalized spacial score (nSPS) is 12.0. The van der Waals surface area contributed by atoms with Crippen LogP contribution in [0.3, 0.4) is 0 Å². The van der Waals surface area contributed by atoms with Gasteiger partial charge in [-0.15, -0.1) is 0 Å². The van der Waals surface area contributed by atoms with Gasteiger partial charge in [0.1, 0.15) is 5.75 Å². The van der Waals surface area contributed by atoms with E-state index in [-0.39, 0.29) is 11.8 Å². The van der Waals surface area contributed by atoms with Crippen molar-refractivity contribution >= 4 is 28.3 Å². The number of hydrogen-bond acceptors (Lipinski definition) is 2. The molecule has 3 aromatic rings. The van der Waals surface area contributed by atoms with Crippen LogP contribution in [0.2, 0.25) is 5.02 Å². The summed E-state index contributed by atoms with van der Waals surface area (Å²) in [5.41, 5.74) is 1.89. The summed E-state index contributed by atoms with van der Waals surface area (Å²) in [6.45, 7) is 2.33. The molecule has 0 fully saturated rings. The number of carbonyl (C=O) groups excluding carboxylic acids is 1. The highest BCUT2D eigenvalue weighted by molar-refractivity contribution is 6.31. The highest BCUT2D eigenvalue weighted by Crippen LogP contribution is 2.25. The summed E-state index contributed by atoms with van der Waals surface area (Å²) < 4.78 is 5.25. The van der Waals surface area contributed by atoms with E-state index < -0.39 is 0 Å². The van der Waals surface area contributed by atoms with E-state index in [4.69, 9.17) is 16.3 Å². The molecule has 0 saturated carbocycles. The average molecular weight is 354 g/mol. The molecule has 0 aliphatic rings. The third-order valence-electron chi connectivity index (χ3n) is 4.38. The van der Waals surface area contributed by atoms with Gasteiger partial charge in [-0.1, -0.05) is 54.1 Å². The van der Waals surface area contributed by atoms with Crippen LogP contribution in [0.25, 0.3) is 10.8 Å². The maximum Gasteiger partial charge on any atom is 0.227 e. The Morgan fingerprint density at radius 3 is 2.56 bits per heavy atom. The fourth-order valence-electron chi connectivity index (χ4n) is 2.77. The molecule has 3 rings (SSSR count). The second-order valence-electron chi connectivity index (χ2n) is 6.00. The highest BCUT2D eigenvalue weighted by Gasteiger charge is 2.15. The van der Waals surface area contributed by atoms with E-state index in [1.54, 1.807) is 7.11 Å². The zero-order chi connectivity index (χ0) is 17.8. The number of rotatable bonds is 5. The first-order chi connectivity index (χ1) is 12.1. The highest BCUT2D eigenvalue weighted by atomic mass is 35.5. The number of methoxy groups -OCH3 is 1. The summed E-state index contributed by atoms with van der Waals surface area (Å²) in [7, 11) is 1.65. The van der Waals surface area contributed by atoms with Gasteiger partial charge in [-0.3, -0.25) is 4.79 Å². The molecule has 128 valence electrons. The lowest BCUT2D eigenvalue weighted by Crippen LogP contribution is -2.27. The maximum absolute atomic E-state index is 12.5. The van der Waals surface area contributed by atoms with Crippen LogP contribution in [0.4, 0.5) is 0 Å². The Bertz CT molecular complexity index is 907. The summed E-state index contributed by atoms with van der Waals surface area (Å²) in [6, 6.07) is 19.5. The zero-order valence-electron chi connectivity index (χ0n) is 14.3. The quantitative estimate of drug-likeness (QED) is 0.706. The summed E-state index contributed by atoms with van der Waals surface area (Å²) in [5.74, 6) is 0.563. The van der Waals surface area contributed by atoms with Crippen LogP contribution >= 0.6 is 11.6 Å². The molecule has 0 saturated heterocycles. The van der Waals surface area contributed by atoms with Crippen molar-refractivity contribution in [2.75, 3.05) is 7.11 Å². The molecule has 0 aliphatic carbocycles. The van der Waals surface area contributed by atoms with Crippen molar-refractivity contribution in [2.24, 2.45) is 0 Å². The average Bonchev–Trinajstić information content (AvgIpc) is 2.65. The molecule has 1 N–H and O–H groups in total. The van der Waals surface area contributed by atoms with Crippen molar-refractivity contribution in [1.29, 1.82) is 0 Å². The number of amides is 1. The lowest BCUT2D eigenvalue weighted by molar-refractivity contribution is -0.122. The van der Waals surface area contributed by atoms with E-state index in [1.165, 1.54) is 0 Å². The van der Waals surface area contributed by atoms with Crippen LogP contribution in [0.15, 0.2) is 60.7 Å². The molecular weight excluding hydrogens is 334 g/mol. The molecule has 1 atom stereocenters. The molecular formula is C21H20ClNO2. The SMILES string of the molecule is COc1ccc2cc([C@H](C)C(=O)NCc3ccccc3Cl)ccc2c1. The minimum absolute atomic E-state index is 0.0206. The molecule has 25 heavy (non-hydrogen) atoms. The first kappa shape index (κ1) is 17.3. The smallest absolute Gasteiger partial charge is 0.227 e. The van der Waals surface area contributed by atoms with Crippen LogP contribution in [-0.2, 0) is 11.3 Å². The number of benzene rings is 3. The van der Waals surface area contributed by atoms with Gasteiger partial charge in [0.15, 0.2) is 0 Å². The molecule has 0 aromatic heterocycles. The predicted octanol–water partition coefficient (Wildman–Crippen LogP) is 4.92. The summed E-state index contributed by atoms with van der Waals surface area (Å²) >= 11 is 6.13. The van der Waals surface area contributed by atoms with Crippen molar-refractivity contribution in [1.82, 2.24) is 5.32 Å². The number of hydrogen-bond donors (Lipinski definition) is 1. The van der Waals surface area contributed by atoms with Gasteiger partial charge in [0.25, 0.3) is 0 Å². The molecule has 0 heterocycles. The van der Waals surface area contributed by atoms with E-state index in [0.717, 1.165) is 27.6 Å². The number of carbonyl (C=O) groups is 1. The molecule has 0 spiro atoms. The van der Waals surface area contributed by atoms with Crippen LogP contribution < -0.4 is 10.1 Å². The van der Waals surface area contributed by atoms with Gasteiger partial charge in [0, 0.05) is 11.6 Å². The second-order valence-corrected chi connectivity index (χ2v) is 6.41. The summed E-state index contributed by atoms with van der Waals surface area (Å²) in [6.07, 6.45) is 0. The largest absolute Gasteiger partial charge is 0.497 e. The van der Waals surface area contributed by atoms with Crippen molar-refractivity contribution < 1.29 is 9.53 Å². The lowest BCUT2D eigenvalue weighted by atomic mass is 9.97. The van der Waals surface area contributed by atoms with E-state index in [9.17, 15) is 4.79 Å². The Morgan fingerprint density at radius 2 is 1.80 bits per heavy atom. The topological polar surface area (TPSA) is 38.3 Å². The molecule has 3 nitrogen and oxygen atoms in total. The standard InChI is InChI=1S/C21H20ClNO2/c1-14(21(24)23-13-18-5-3-4-6-20(18)22)15-7-8-17-12-19(25-2)10-9-16(17)11-15/h3-12,14H,13H2,1-2H3,(H,23,24)/t14-/m0/s1. The van der Waals surface area contributed by atoms with Gasteiger partial charge >= 0.3 is 0 Å². The molecule has 3 aromatic carbocycles. The fraction of sp³-hybridized carbons (Fsp3) is 0.190. The molecule has 4 heteroatoms. The molecule has 0 radical (unpaired) electrons. The fourth-order valence-corrected chi connectivity index (χ4v) is 2.97. The first-order valence-corrected chi connectivity index (χ1v) is 8.55. The Labute approximate surface area is 152 Å². The number of fused-ring (bicyclic) bond motifs is 1. The van der Waals surface area contributed by atoms with E-state index >= 15 is 0 Å². The summed E-state index contributed by atoms with van der Waals surface area (Å²) in [5, 5.41) is 5.80. The van der Waals surface area contributed by atoms with E-state index in [2.05, 4.69) is 11.4 Å².